The average molecular weight is 186 g/mol. The highest BCUT2D eigenvalue weighted by Gasteiger charge is 2.44. The highest BCUT2D eigenvalue weighted by atomic mass is 19.1. The molecular formula is C10H19FN2. The topological polar surface area (TPSA) is 29.3 Å². The number of halogens is 1. The maximum absolute atomic E-state index is 13.4. The van der Waals surface area contributed by atoms with Gasteiger partial charge < -0.3 is 5.73 Å². The van der Waals surface area contributed by atoms with Crippen molar-refractivity contribution in [1.82, 2.24) is 4.90 Å². The van der Waals surface area contributed by atoms with E-state index in [9.17, 15) is 4.39 Å². The summed E-state index contributed by atoms with van der Waals surface area (Å²) in [4.78, 5) is 2.26. The number of nitrogens with zero attached hydrogens (tertiary/aromatic N) is 1. The lowest BCUT2D eigenvalue weighted by molar-refractivity contribution is 0.125. The van der Waals surface area contributed by atoms with Crippen LogP contribution in [0.5, 0.6) is 0 Å². The lowest BCUT2D eigenvalue weighted by Crippen LogP contribution is -2.41. The number of likely N-dealkylation sites (tertiary alicyclic amines) is 1. The van der Waals surface area contributed by atoms with Gasteiger partial charge in [0.1, 0.15) is 5.67 Å². The van der Waals surface area contributed by atoms with Crippen LogP contribution in [0.25, 0.3) is 0 Å². The molecular weight excluding hydrogens is 167 g/mol. The van der Waals surface area contributed by atoms with Gasteiger partial charge in [-0.1, -0.05) is 0 Å². The first-order valence-electron chi connectivity index (χ1n) is 5.33. The Morgan fingerprint density at radius 2 is 2.23 bits per heavy atom. The minimum Gasteiger partial charge on any atom is -0.330 e. The molecule has 0 bridgehead atoms. The van der Waals surface area contributed by atoms with E-state index in [2.05, 4.69) is 4.90 Å². The summed E-state index contributed by atoms with van der Waals surface area (Å²) in [6.07, 6.45) is 3.97. The molecule has 1 atom stereocenters. The van der Waals surface area contributed by atoms with Gasteiger partial charge in [0.25, 0.3) is 0 Å². The number of nitrogens with two attached hydrogens (primary N) is 1. The number of hydrogen-bond donors (Lipinski definition) is 1. The van der Waals surface area contributed by atoms with Crippen LogP contribution in [-0.4, -0.2) is 36.7 Å². The predicted molar refractivity (Wildman–Crippen MR) is 51.3 cm³/mol. The fourth-order valence-electron chi connectivity index (χ4n) is 2.18. The van der Waals surface area contributed by atoms with E-state index >= 15 is 0 Å². The molecule has 1 unspecified atom stereocenters. The van der Waals surface area contributed by atoms with Crippen LogP contribution >= 0.6 is 0 Å². The summed E-state index contributed by atoms with van der Waals surface area (Å²) in [5.41, 5.74) is 4.80. The van der Waals surface area contributed by atoms with E-state index in [4.69, 9.17) is 5.73 Å². The molecule has 3 heteroatoms. The zero-order chi connectivity index (χ0) is 9.31. The van der Waals surface area contributed by atoms with Gasteiger partial charge in [-0.25, -0.2) is 4.39 Å². The second-order valence-electron chi connectivity index (χ2n) is 4.63. The van der Waals surface area contributed by atoms with E-state index in [1.54, 1.807) is 0 Å². The van der Waals surface area contributed by atoms with Crippen LogP contribution < -0.4 is 5.73 Å². The second-order valence-corrected chi connectivity index (χ2v) is 4.63. The van der Waals surface area contributed by atoms with Gasteiger partial charge in [-0.15, -0.1) is 0 Å². The van der Waals surface area contributed by atoms with Crippen molar-refractivity contribution in [3.05, 3.63) is 0 Å². The molecule has 0 aromatic heterocycles. The fourth-order valence-corrected chi connectivity index (χ4v) is 2.18. The van der Waals surface area contributed by atoms with Gasteiger partial charge >= 0.3 is 0 Å². The van der Waals surface area contributed by atoms with Crippen molar-refractivity contribution in [3.63, 3.8) is 0 Å². The Morgan fingerprint density at radius 3 is 2.85 bits per heavy atom. The number of piperidine rings is 1. The molecule has 0 radical (unpaired) electrons. The van der Waals surface area contributed by atoms with Gasteiger partial charge in [-0.2, -0.15) is 0 Å². The largest absolute Gasteiger partial charge is 0.330 e. The van der Waals surface area contributed by atoms with E-state index in [1.165, 1.54) is 12.8 Å². The van der Waals surface area contributed by atoms with Crippen LogP contribution in [0.4, 0.5) is 4.39 Å². The predicted octanol–water partition coefficient (Wildman–Crippen LogP) is 1.16. The molecule has 0 aromatic rings. The smallest absolute Gasteiger partial charge is 0.123 e. The molecule has 0 amide bonds. The van der Waals surface area contributed by atoms with E-state index in [-0.39, 0.29) is 0 Å². The molecule has 13 heavy (non-hydrogen) atoms. The fraction of sp³-hybridized carbons (Fsp3) is 1.00. The van der Waals surface area contributed by atoms with E-state index < -0.39 is 5.67 Å². The molecule has 2 N–H and O–H groups in total. The SMILES string of the molecule is NCC1CCCN(CC2(F)CC2)C1. The zero-order valence-electron chi connectivity index (χ0n) is 8.14. The van der Waals surface area contributed by atoms with Crippen LogP contribution in [0.3, 0.4) is 0 Å². The molecule has 1 saturated carbocycles. The van der Waals surface area contributed by atoms with Gasteiger partial charge in [0, 0.05) is 13.1 Å². The molecule has 1 aliphatic heterocycles. The van der Waals surface area contributed by atoms with Crippen LogP contribution in [-0.2, 0) is 0 Å². The molecule has 1 aliphatic carbocycles. The highest BCUT2D eigenvalue weighted by molar-refractivity contribution is 4.97. The Morgan fingerprint density at radius 1 is 1.46 bits per heavy atom. The molecule has 1 saturated heterocycles. The molecule has 0 aromatic carbocycles. The third-order valence-corrected chi connectivity index (χ3v) is 3.24. The van der Waals surface area contributed by atoms with Crippen molar-refractivity contribution in [1.29, 1.82) is 0 Å². The van der Waals surface area contributed by atoms with Crippen molar-refractivity contribution in [2.24, 2.45) is 11.7 Å². The number of hydrogen-bond acceptors (Lipinski definition) is 2. The van der Waals surface area contributed by atoms with Crippen LogP contribution in [0.1, 0.15) is 25.7 Å². The Kier molecular flexibility index (Phi) is 2.56. The Labute approximate surface area is 79.3 Å². The Balaban J connectivity index is 1.78. The van der Waals surface area contributed by atoms with Crippen molar-refractivity contribution >= 4 is 0 Å². The highest BCUT2D eigenvalue weighted by Crippen LogP contribution is 2.40. The van der Waals surface area contributed by atoms with Gasteiger partial charge in [0.15, 0.2) is 0 Å². The number of alkyl halides is 1. The van der Waals surface area contributed by atoms with Crippen molar-refractivity contribution in [3.8, 4) is 0 Å². The van der Waals surface area contributed by atoms with Gasteiger partial charge in [-0.05, 0) is 44.7 Å². The van der Waals surface area contributed by atoms with Crippen molar-refractivity contribution in [2.45, 2.75) is 31.4 Å². The van der Waals surface area contributed by atoms with Crippen molar-refractivity contribution < 1.29 is 4.39 Å². The minimum atomic E-state index is -0.823. The number of rotatable bonds is 3. The van der Waals surface area contributed by atoms with E-state index in [0.29, 0.717) is 12.5 Å². The normalized spacial score (nSPS) is 33.2. The first kappa shape index (κ1) is 9.41. The van der Waals surface area contributed by atoms with Gasteiger partial charge in [-0.3, -0.25) is 4.90 Å². The molecule has 2 nitrogen and oxygen atoms in total. The standard InChI is InChI=1S/C10H19FN2/c11-10(3-4-10)8-13-5-1-2-9(6-12)7-13/h9H,1-8,12H2. The van der Waals surface area contributed by atoms with Gasteiger partial charge in [0.05, 0.1) is 0 Å². The van der Waals surface area contributed by atoms with E-state index in [1.807, 2.05) is 0 Å². The summed E-state index contributed by atoms with van der Waals surface area (Å²) in [6.45, 7) is 3.50. The molecule has 2 aliphatic rings. The summed E-state index contributed by atoms with van der Waals surface area (Å²) in [7, 11) is 0. The van der Waals surface area contributed by atoms with Gasteiger partial charge in [0.2, 0.25) is 0 Å². The molecule has 1 heterocycles. The quantitative estimate of drug-likeness (QED) is 0.716. The monoisotopic (exact) mass is 186 g/mol. The molecule has 0 spiro atoms. The first-order valence-corrected chi connectivity index (χ1v) is 5.33. The summed E-state index contributed by atoms with van der Waals surface area (Å²) in [6, 6.07) is 0. The van der Waals surface area contributed by atoms with E-state index in [0.717, 1.165) is 32.5 Å². The second kappa shape index (κ2) is 3.54. The first-order chi connectivity index (χ1) is 6.22. The van der Waals surface area contributed by atoms with Crippen LogP contribution in [0.2, 0.25) is 0 Å². The zero-order valence-corrected chi connectivity index (χ0v) is 8.14. The summed E-state index contributed by atoms with van der Waals surface area (Å²) < 4.78 is 13.4. The average Bonchev–Trinajstić information content (AvgIpc) is 2.84. The summed E-state index contributed by atoms with van der Waals surface area (Å²) >= 11 is 0. The maximum Gasteiger partial charge on any atom is 0.123 e. The summed E-state index contributed by atoms with van der Waals surface area (Å²) in [5.74, 6) is 0.607. The molecule has 2 fully saturated rings. The Hall–Kier alpha value is -0.150. The van der Waals surface area contributed by atoms with Crippen LogP contribution in [0, 0.1) is 5.92 Å². The third kappa shape index (κ3) is 2.41. The third-order valence-electron chi connectivity index (χ3n) is 3.24. The van der Waals surface area contributed by atoms with Crippen LogP contribution in [0.15, 0.2) is 0 Å². The minimum absolute atomic E-state index is 0.607. The molecule has 2 rings (SSSR count). The lowest BCUT2D eigenvalue weighted by atomic mass is 9.98. The summed E-state index contributed by atoms with van der Waals surface area (Å²) in [5, 5.41) is 0. The maximum atomic E-state index is 13.4. The Bertz CT molecular complexity index is 180. The van der Waals surface area contributed by atoms with Crippen molar-refractivity contribution in [2.75, 3.05) is 26.2 Å². The molecule has 76 valence electrons. The lowest BCUT2D eigenvalue weighted by Gasteiger charge is -2.32.